The third-order valence-electron chi connectivity index (χ3n) is 4.23. The lowest BCUT2D eigenvalue weighted by Crippen LogP contribution is -2.46. The van der Waals surface area contributed by atoms with Crippen LogP contribution in [0.3, 0.4) is 0 Å². The first-order valence-corrected chi connectivity index (χ1v) is 8.78. The summed E-state index contributed by atoms with van der Waals surface area (Å²) in [7, 11) is 0. The van der Waals surface area contributed by atoms with Crippen LogP contribution in [0.2, 0.25) is 0 Å². The molecule has 0 heterocycles. The van der Waals surface area contributed by atoms with Crippen LogP contribution < -0.4 is 0 Å². The SMILES string of the molecule is CC(=O)OC/C=C/C=C(\C)C=C=C1C(C)(C)C[C@H](OC(C)=O)C[C@@]1(C)O. The number of carbonyl (C=O) groups excluding carboxylic acids is 2. The fourth-order valence-corrected chi connectivity index (χ4v) is 3.36. The van der Waals surface area contributed by atoms with Crippen LogP contribution >= 0.6 is 0 Å². The van der Waals surface area contributed by atoms with E-state index in [0.717, 1.165) is 11.1 Å². The zero-order chi connectivity index (χ0) is 20.0. The van der Waals surface area contributed by atoms with E-state index in [0.29, 0.717) is 12.8 Å². The van der Waals surface area contributed by atoms with E-state index in [1.54, 1.807) is 13.0 Å². The molecule has 5 heteroatoms. The summed E-state index contributed by atoms with van der Waals surface area (Å²) in [6, 6.07) is 0. The molecule has 26 heavy (non-hydrogen) atoms. The van der Waals surface area contributed by atoms with Crippen molar-refractivity contribution < 1.29 is 24.2 Å². The molecular formula is C21H30O5. The van der Waals surface area contributed by atoms with Gasteiger partial charge in [0.2, 0.25) is 0 Å². The van der Waals surface area contributed by atoms with Crippen LogP contribution in [-0.4, -0.2) is 35.4 Å². The van der Waals surface area contributed by atoms with Gasteiger partial charge in [-0.3, -0.25) is 9.59 Å². The standard InChI is InChI=1S/C21H30O5/c1-15(9-7-8-12-25-16(2)22)10-11-19-20(4,5)13-18(26-17(3)23)14-21(19,6)24/h7-10,18,24H,12-14H2,1-6H3/b8-7+,15-9+/t11?,18-,21+/m0/s1. The van der Waals surface area contributed by atoms with Gasteiger partial charge in [0.1, 0.15) is 12.7 Å². The molecule has 0 aromatic heterocycles. The molecule has 1 saturated carbocycles. The van der Waals surface area contributed by atoms with Crippen LogP contribution in [-0.2, 0) is 19.1 Å². The van der Waals surface area contributed by atoms with E-state index in [1.165, 1.54) is 13.8 Å². The minimum atomic E-state index is -1.09. The van der Waals surface area contributed by atoms with Gasteiger partial charge in [0, 0.05) is 25.8 Å². The van der Waals surface area contributed by atoms with E-state index < -0.39 is 5.60 Å². The fourth-order valence-electron chi connectivity index (χ4n) is 3.36. The second-order valence-electron chi connectivity index (χ2n) is 7.60. The van der Waals surface area contributed by atoms with Crippen LogP contribution in [0, 0.1) is 5.41 Å². The Morgan fingerprint density at radius 1 is 1.19 bits per heavy atom. The highest BCUT2D eigenvalue weighted by Gasteiger charge is 2.46. The van der Waals surface area contributed by atoms with E-state index in [4.69, 9.17) is 9.47 Å². The van der Waals surface area contributed by atoms with Crippen molar-refractivity contribution in [3.05, 3.63) is 41.2 Å². The van der Waals surface area contributed by atoms with E-state index in [2.05, 4.69) is 5.73 Å². The minimum absolute atomic E-state index is 0.239. The lowest BCUT2D eigenvalue weighted by atomic mass is 9.65. The normalized spacial score (nSPS) is 25.6. The number of allylic oxidation sites excluding steroid dienone is 3. The van der Waals surface area contributed by atoms with Crippen molar-refractivity contribution in [2.45, 2.75) is 66.1 Å². The summed E-state index contributed by atoms with van der Waals surface area (Å²) in [4.78, 5) is 21.9. The molecule has 144 valence electrons. The molecule has 1 N–H and O–H groups in total. The van der Waals surface area contributed by atoms with Gasteiger partial charge in [-0.25, -0.2) is 0 Å². The molecule has 0 aliphatic heterocycles. The zero-order valence-electron chi connectivity index (χ0n) is 16.6. The van der Waals surface area contributed by atoms with Gasteiger partial charge >= 0.3 is 11.9 Å². The van der Waals surface area contributed by atoms with Gasteiger partial charge in [-0.1, -0.05) is 26.0 Å². The van der Waals surface area contributed by atoms with Crippen molar-refractivity contribution in [3.63, 3.8) is 0 Å². The Hall–Kier alpha value is -2.10. The van der Waals surface area contributed by atoms with E-state index in [9.17, 15) is 14.7 Å². The molecule has 0 aromatic rings. The lowest BCUT2D eigenvalue weighted by Gasteiger charge is -2.44. The monoisotopic (exact) mass is 362 g/mol. The van der Waals surface area contributed by atoms with Crippen molar-refractivity contribution >= 4 is 11.9 Å². The summed E-state index contributed by atoms with van der Waals surface area (Å²) in [6.07, 6.45) is 7.96. The molecule has 2 atom stereocenters. The molecule has 1 aliphatic carbocycles. The Bertz CT molecular complexity index is 638. The molecule has 1 aliphatic rings. The van der Waals surface area contributed by atoms with Gasteiger partial charge in [0.25, 0.3) is 0 Å². The summed E-state index contributed by atoms with van der Waals surface area (Å²) in [6.45, 7) is 10.7. The maximum absolute atomic E-state index is 11.2. The predicted molar refractivity (Wildman–Crippen MR) is 100 cm³/mol. The molecular weight excluding hydrogens is 332 g/mol. The van der Waals surface area contributed by atoms with Gasteiger partial charge < -0.3 is 14.6 Å². The Morgan fingerprint density at radius 3 is 2.38 bits per heavy atom. The minimum Gasteiger partial charge on any atom is -0.462 e. The maximum Gasteiger partial charge on any atom is 0.302 e. The highest BCUT2D eigenvalue weighted by Crippen LogP contribution is 2.46. The average molecular weight is 362 g/mol. The molecule has 0 unspecified atom stereocenters. The second-order valence-corrected chi connectivity index (χ2v) is 7.60. The summed E-state index contributed by atoms with van der Waals surface area (Å²) in [5.74, 6) is -0.641. The summed E-state index contributed by atoms with van der Waals surface area (Å²) in [5, 5.41) is 10.9. The van der Waals surface area contributed by atoms with Crippen LogP contribution in [0.15, 0.2) is 41.2 Å². The number of esters is 2. The predicted octanol–water partition coefficient (Wildman–Crippen LogP) is 3.64. The first-order chi connectivity index (χ1) is 11.9. The Balaban J connectivity index is 2.95. The van der Waals surface area contributed by atoms with E-state index in [1.807, 2.05) is 39.0 Å². The number of rotatable bonds is 5. The average Bonchev–Trinajstić information content (AvgIpc) is 2.43. The maximum atomic E-state index is 11.2. The quantitative estimate of drug-likeness (QED) is 0.459. The number of carbonyl (C=O) groups is 2. The van der Waals surface area contributed by atoms with Gasteiger partial charge in [0.15, 0.2) is 0 Å². The Labute approximate surface area is 156 Å². The first kappa shape index (κ1) is 21.9. The first-order valence-electron chi connectivity index (χ1n) is 8.78. The zero-order valence-corrected chi connectivity index (χ0v) is 16.6. The molecule has 1 fully saturated rings. The van der Waals surface area contributed by atoms with Gasteiger partial charge in [0.05, 0.1) is 5.60 Å². The Morgan fingerprint density at radius 2 is 1.85 bits per heavy atom. The van der Waals surface area contributed by atoms with Gasteiger partial charge in [-0.05, 0) is 43.4 Å². The molecule has 1 rings (SSSR count). The third kappa shape index (κ3) is 7.03. The molecule has 0 amide bonds. The van der Waals surface area contributed by atoms with E-state index in [-0.39, 0.29) is 30.1 Å². The number of ether oxygens (including phenoxy) is 2. The van der Waals surface area contributed by atoms with Crippen LogP contribution in [0.25, 0.3) is 0 Å². The number of hydrogen-bond donors (Lipinski definition) is 1. The number of aliphatic hydroxyl groups is 1. The third-order valence-corrected chi connectivity index (χ3v) is 4.23. The highest BCUT2D eigenvalue weighted by molar-refractivity contribution is 5.66. The molecule has 0 aromatic carbocycles. The van der Waals surface area contributed by atoms with Crippen LogP contribution in [0.4, 0.5) is 0 Å². The van der Waals surface area contributed by atoms with Crippen molar-refractivity contribution in [2.75, 3.05) is 6.61 Å². The van der Waals surface area contributed by atoms with Gasteiger partial charge in [-0.15, -0.1) is 5.73 Å². The second kappa shape index (κ2) is 9.02. The summed E-state index contributed by atoms with van der Waals surface area (Å²) in [5.41, 5.74) is 3.56. The smallest absolute Gasteiger partial charge is 0.302 e. The highest BCUT2D eigenvalue weighted by atomic mass is 16.5. The molecule has 0 bridgehead atoms. The molecule has 0 spiro atoms. The topological polar surface area (TPSA) is 72.8 Å². The Kier molecular flexibility index (Phi) is 7.61. The van der Waals surface area contributed by atoms with Crippen molar-refractivity contribution in [1.82, 2.24) is 0 Å². The van der Waals surface area contributed by atoms with Crippen molar-refractivity contribution in [3.8, 4) is 0 Å². The van der Waals surface area contributed by atoms with Crippen LogP contribution in [0.1, 0.15) is 54.4 Å². The van der Waals surface area contributed by atoms with Gasteiger partial charge in [-0.2, -0.15) is 0 Å². The molecule has 0 saturated heterocycles. The molecule has 0 radical (unpaired) electrons. The number of hydrogen-bond acceptors (Lipinski definition) is 5. The lowest BCUT2D eigenvalue weighted by molar-refractivity contribution is -0.152. The van der Waals surface area contributed by atoms with Crippen molar-refractivity contribution in [1.29, 1.82) is 0 Å². The van der Waals surface area contributed by atoms with Crippen LogP contribution in [0.5, 0.6) is 0 Å². The summed E-state index contributed by atoms with van der Waals surface area (Å²) < 4.78 is 10.1. The largest absolute Gasteiger partial charge is 0.462 e. The summed E-state index contributed by atoms with van der Waals surface area (Å²) >= 11 is 0. The van der Waals surface area contributed by atoms with Crippen molar-refractivity contribution in [2.24, 2.45) is 5.41 Å². The molecule has 5 nitrogen and oxygen atoms in total. The van der Waals surface area contributed by atoms with E-state index >= 15 is 0 Å². The fraction of sp³-hybridized carbons (Fsp3) is 0.571.